The third kappa shape index (κ3) is 1.83. The Morgan fingerprint density at radius 2 is 2.05 bits per heavy atom. The molecule has 0 aliphatic carbocycles. The van der Waals surface area contributed by atoms with Crippen LogP contribution in [0.4, 0.5) is 0 Å². The largest absolute Gasteiger partial charge is 0.357 e. The van der Waals surface area contributed by atoms with Gasteiger partial charge in [-0.3, -0.25) is 9.88 Å². The van der Waals surface area contributed by atoms with Crippen LogP contribution in [-0.2, 0) is 19.6 Å². The van der Waals surface area contributed by atoms with Crippen LogP contribution >= 0.6 is 0 Å². The number of nitrogens with zero attached hydrogens (tertiary/aromatic N) is 2. The Morgan fingerprint density at radius 1 is 1.11 bits per heavy atom. The number of benzene rings is 1. The second kappa shape index (κ2) is 4.21. The van der Waals surface area contributed by atoms with Crippen LogP contribution in [0.1, 0.15) is 16.8 Å². The summed E-state index contributed by atoms with van der Waals surface area (Å²) in [7, 11) is 0. The van der Waals surface area contributed by atoms with Gasteiger partial charge in [-0.15, -0.1) is 0 Å². The molecule has 3 nitrogen and oxygen atoms in total. The van der Waals surface area contributed by atoms with E-state index in [-0.39, 0.29) is 0 Å². The average molecular weight is 249 g/mol. The number of fused-ring (bicyclic) bond motifs is 3. The fourth-order valence-electron chi connectivity index (χ4n) is 2.94. The Kier molecular flexibility index (Phi) is 2.38. The summed E-state index contributed by atoms with van der Waals surface area (Å²) in [6.45, 7) is 2.98. The molecule has 0 spiro atoms. The minimum absolute atomic E-state index is 0.963. The van der Waals surface area contributed by atoms with E-state index in [1.165, 1.54) is 27.7 Å². The summed E-state index contributed by atoms with van der Waals surface area (Å²) in [6.07, 6.45) is 3.77. The summed E-state index contributed by atoms with van der Waals surface area (Å²) in [5.74, 6) is 0. The highest BCUT2D eigenvalue weighted by molar-refractivity contribution is 5.85. The minimum atomic E-state index is 0.963. The summed E-state index contributed by atoms with van der Waals surface area (Å²) < 4.78 is 0. The van der Waals surface area contributed by atoms with Crippen molar-refractivity contribution >= 4 is 10.9 Å². The molecule has 0 saturated heterocycles. The molecule has 94 valence electrons. The van der Waals surface area contributed by atoms with E-state index in [1.54, 1.807) is 0 Å². The zero-order chi connectivity index (χ0) is 12.7. The topological polar surface area (TPSA) is 31.9 Å². The molecule has 0 amide bonds. The monoisotopic (exact) mass is 249 g/mol. The van der Waals surface area contributed by atoms with E-state index in [1.807, 2.05) is 18.5 Å². The molecule has 3 heterocycles. The van der Waals surface area contributed by atoms with E-state index >= 15 is 0 Å². The predicted molar refractivity (Wildman–Crippen MR) is 75.5 cm³/mol. The maximum absolute atomic E-state index is 4.18. The van der Waals surface area contributed by atoms with Gasteiger partial charge in [0.05, 0.1) is 0 Å². The maximum atomic E-state index is 4.18. The van der Waals surface area contributed by atoms with E-state index in [9.17, 15) is 0 Å². The van der Waals surface area contributed by atoms with E-state index < -0.39 is 0 Å². The van der Waals surface area contributed by atoms with Gasteiger partial charge in [-0.2, -0.15) is 0 Å². The molecular weight excluding hydrogens is 234 g/mol. The molecule has 0 unspecified atom stereocenters. The summed E-state index contributed by atoms with van der Waals surface area (Å²) in [4.78, 5) is 10.2. The number of hydrogen-bond donors (Lipinski definition) is 1. The third-order valence-electron chi connectivity index (χ3n) is 3.79. The summed E-state index contributed by atoms with van der Waals surface area (Å²) >= 11 is 0. The molecule has 0 bridgehead atoms. The van der Waals surface area contributed by atoms with Gasteiger partial charge in [0, 0.05) is 48.6 Å². The molecular formula is C16H15N3. The molecule has 0 saturated carbocycles. The minimum Gasteiger partial charge on any atom is -0.357 e. The van der Waals surface area contributed by atoms with Crippen LogP contribution in [0.5, 0.6) is 0 Å². The first-order chi connectivity index (χ1) is 9.40. The molecule has 1 N–H and O–H groups in total. The Hall–Kier alpha value is -2.13. The fourth-order valence-corrected chi connectivity index (χ4v) is 2.94. The maximum Gasteiger partial charge on any atom is 0.0459 e. The number of rotatable bonds is 2. The number of H-pyrrole nitrogens is 1. The lowest BCUT2D eigenvalue weighted by Gasteiger charge is -2.14. The second-order valence-electron chi connectivity index (χ2n) is 5.13. The Bertz CT molecular complexity index is 715. The molecule has 3 aromatic rings. The number of hydrogen-bond acceptors (Lipinski definition) is 2. The lowest BCUT2D eigenvalue weighted by Crippen LogP contribution is -2.16. The van der Waals surface area contributed by atoms with Crippen molar-refractivity contribution < 1.29 is 0 Å². The number of para-hydroxylation sites is 1. The van der Waals surface area contributed by atoms with Gasteiger partial charge in [-0.05, 0) is 23.3 Å². The standard InChI is InChI=1S/C16H15N3/c1-2-6-15-13(5-1)14-10-19(11-16(14)18-15)9-12-4-3-7-17-8-12/h1-8,18H,9-11H2. The van der Waals surface area contributed by atoms with Crippen molar-refractivity contribution in [1.82, 2.24) is 14.9 Å². The van der Waals surface area contributed by atoms with Gasteiger partial charge in [0.25, 0.3) is 0 Å². The second-order valence-corrected chi connectivity index (χ2v) is 5.13. The van der Waals surface area contributed by atoms with Crippen LogP contribution in [-0.4, -0.2) is 14.9 Å². The van der Waals surface area contributed by atoms with Crippen LogP contribution in [0, 0.1) is 0 Å². The number of pyridine rings is 1. The SMILES string of the molecule is c1cncc(CN2Cc3[nH]c4ccccc4c3C2)c1. The molecule has 1 aliphatic rings. The summed E-state index contributed by atoms with van der Waals surface area (Å²) in [5.41, 5.74) is 5.36. The fraction of sp³-hybridized carbons (Fsp3) is 0.188. The van der Waals surface area contributed by atoms with Crippen molar-refractivity contribution in [2.24, 2.45) is 0 Å². The Labute approximate surface area is 111 Å². The molecule has 0 radical (unpaired) electrons. The van der Waals surface area contributed by atoms with Crippen molar-refractivity contribution in [2.45, 2.75) is 19.6 Å². The highest BCUT2D eigenvalue weighted by atomic mass is 15.2. The van der Waals surface area contributed by atoms with Crippen LogP contribution in [0.15, 0.2) is 48.8 Å². The number of aromatic amines is 1. The van der Waals surface area contributed by atoms with Crippen LogP contribution in [0.25, 0.3) is 10.9 Å². The number of aromatic nitrogens is 2. The molecule has 1 aromatic carbocycles. The van der Waals surface area contributed by atoms with Gasteiger partial charge in [0.15, 0.2) is 0 Å². The van der Waals surface area contributed by atoms with Gasteiger partial charge < -0.3 is 4.98 Å². The Balaban J connectivity index is 1.61. The van der Waals surface area contributed by atoms with Gasteiger partial charge >= 0.3 is 0 Å². The van der Waals surface area contributed by atoms with E-state index in [0.717, 1.165) is 19.6 Å². The molecule has 4 rings (SSSR count). The number of nitrogens with one attached hydrogen (secondary N) is 1. The van der Waals surface area contributed by atoms with Crippen LogP contribution in [0.2, 0.25) is 0 Å². The highest BCUT2D eigenvalue weighted by Crippen LogP contribution is 2.30. The zero-order valence-electron chi connectivity index (χ0n) is 10.6. The van der Waals surface area contributed by atoms with Gasteiger partial charge in [0.2, 0.25) is 0 Å². The summed E-state index contributed by atoms with van der Waals surface area (Å²) in [5, 5.41) is 1.37. The van der Waals surface area contributed by atoms with Crippen molar-refractivity contribution in [3.05, 3.63) is 65.6 Å². The lowest BCUT2D eigenvalue weighted by atomic mass is 10.1. The first-order valence-corrected chi connectivity index (χ1v) is 6.60. The van der Waals surface area contributed by atoms with Crippen LogP contribution < -0.4 is 0 Å². The Morgan fingerprint density at radius 3 is 2.95 bits per heavy atom. The van der Waals surface area contributed by atoms with Crippen molar-refractivity contribution in [2.75, 3.05) is 0 Å². The van der Waals surface area contributed by atoms with E-state index in [0.29, 0.717) is 0 Å². The average Bonchev–Trinajstić information content (AvgIpc) is 2.97. The smallest absolute Gasteiger partial charge is 0.0459 e. The summed E-state index contributed by atoms with van der Waals surface area (Å²) in [6, 6.07) is 12.7. The van der Waals surface area contributed by atoms with Gasteiger partial charge in [-0.1, -0.05) is 24.3 Å². The van der Waals surface area contributed by atoms with Crippen molar-refractivity contribution in [1.29, 1.82) is 0 Å². The van der Waals surface area contributed by atoms with Crippen LogP contribution in [0.3, 0.4) is 0 Å². The first-order valence-electron chi connectivity index (χ1n) is 6.60. The quantitative estimate of drug-likeness (QED) is 0.757. The van der Waals surface area contributed by atoms with Gasteiger partial charge in [-0.25, -0.2) is 0 Å². The highest BCUT2D eigenvalue weighted by Gasteiger charge is 2.22. The molecule has 0 atom stereocenters. The zero-order valence-corrected chi connectivity index (χ0v) is 10.6. The third-order valence-corrected chi connectivity index (χ3v) is 3.79. The molecule has 19 heavy (non-hydrogen) atoms. The molecule has 2 aromatic heterocycles. The van der Waals surface area contributed by atoms with Crippen molar-refractivity contribution in [3.63, 3.8) is 0 Å². The van der Waals surface area contributed by atoms with Crippen molar-refractivity contribution in [3.8, 4) is 0 Å². The lowest BCUT2D eigenvalue weighted by molar-refractivity contribution is 0.273. The van der Waals surface area contributed by atoms with E-state index in [2.05, 4.69) is 45.2 Å². The first kappa shape index (κ1) is 10.8. The normalized spacial score (nSPS) is 14.9. The molecule has 0 fully saturated rings. The predicted octanol–water partition coefficient (Wildman–Crippen LogP) is 3.08. The molecule has 1 aliphatic heterocycles. The van der Waals surface area contributed by atoms with Gasteiger partial charge in [0.1, 0.15) is 0 Å². The van der Waals surface area contributed by atoms with E-state index in [4.69, 9.17) is 0 Å². The molecule has 3 heteroatoms.